The number of thiophene rings is 1. The fraction of sp³-hybridized carbons (Fsp3) is 0.545. The van der Waals surface area contributed by atoms with Crippen molar-refractivity contribution in [2.45, 2.75) is 32.4 Å². The molecule has 0 aromatic carbocycles. The number of hydrogen-bond donors (Lipinski definition) is 1. The molecule has 0 radical (unpaired) electrons. The molecule has 2 N–H and O–H groups in total. The van der Waals surface area contributed by atoms with Crippen LogP contribution < -0.4 is 5.73 Å². The van der Waals surface area contributed by atoms with Crippen LogP contribution in [0.2, 0.25) is 4.34 Å². The van der Waals surface area contributed by atoms with Crippen molar-refractivity contribution in [3.05, 3.63) is 21.3 Å². The van der Waals surface area contributed by atoms with E-state index in [9.17, 15) is 4.79 Å². The van der Waals surface area contributed by atoms with Crippen molar-refractivity contribution in [1.29, 1.82) is 0 Å². The summed E-state index contributed by atoms with van der Waals surface area (Å²) in [4.78, 5) is 14.5. The minimum atomic E-state index is -0.384. The van der Waals surface area contributed by atoms with Gasteiger partial charge in [0.25, 0.3) is 0 Å². The minimum Gasteiger partial charge on any atom is -0.339 e. The van der Waals surface area contributed by atoms with E-state index >= 15 is 0 Å². The molecule has 3 nitrogen and oxygen atoms in total. The molecule has 1 aromatic rings. The SMILES string of the molecule is CCC[C@@H](N)C(=O)N(C)Cc1ccc(Cl)s1. The average molecular weight is 261 g/mol. The molecule has 0 spiro atoms. The van der Waals surface area contributed by atoms with E-state index in [0.717, 1.165) is 22.1 Å². The van der Waals surface area contributed by atoms with Crippen LogP contribution in [-0.4, -0.2) is 23.9 Å². The smallest absolute Gasteiger partial charge is 0.239 e. The molecular formula is C11H17ClN2OS. The molecular weight excluding hydrogens is 244 g/mol. The summed E-state index contributed by atoms with van der Waals surface area (Å²) in [6.45, 7) is 2.60. The number of carbonyl (C=O) groups is 1. The van der Waals surface area contributed by atoms with Gasteiger partial charge in [-0.15, -0.1) is 11.3 Å². The third-order valence-corrected chi connectivity index (χ3v) is 3.53. The van der Waals surface area contributed by atoms with Gasteiger partial charge < -0.3 is 10.6 Å². The highest BCUT2D eigenvalue weighted by Gasteiger charge is 2.17. The zero-order valence-corrected chi connectivity index (χ0v) is 11.1. The lowest BCUT2D eigenvalue weighted by Gasteiger charge is -2.20. The molecule has 0 bridgehead atoms. The molecule has 0 aliphatic heterocycles. The quantitative estimate of drug-likeness (QED) is 0.884. The Bertz CT molecular complexity index is 354. The van der Waals surface area contributed by atoms with Crippen molar-refractivity contribution in [2.24, 2.45) is 5.73 Å². The molecule has 0 fully saturated rings. The van der Waals surface area contributed by atoms with Gasteiger partial charge in [-0.2, -0.15) is 0 Å². The van der Waals surface area contributed by atoms with E-state index in [1.807, 2.05) is 19.1 Å². The van der Waals surface area contributed by atoms with E-state index in [1.54, 1.807) is 11.9 Å². The first-order chi connectivity index (χ1) is 7.54. The van der Waals surface area contributed by atoms with Crippen LogP contribution in [0.15, 0.2) is 12.1 Å². The summed E-state index contributed by atoms with van der Waals surface area (Å²) in [5.41, 5.74) is 5.77. The predicted molar refractivity (Wildman–Crippen MR) is 68.7 cm³/mol. The molecule has 0 aliphatic rings. The minimum absolute atomic E-state index is 0.00799. The van der Waals surface area contributed by atoms with Gasteiger partial charge in [0.05, 0.1) is 16.9 Å². The Morgan fingerprint density at radius 1 is 1.62 bits per heavy atom. The lowest BCUT2D eigenvalue weighted by atomic mass is 10.1. The second kappa shape index (κ2) is 6.23. The second-order valence-electron chi connectivity index (χ2n) is 3.80. The van der Waals surface area contributed by atoms with Crippen LogP contribution in [0.25, 0.3) is 0 Å². The van der Waals surface area contributed by atoms with Gasteiger partial charge in [0.1, 0.15) is 0 Å². The molecule has 1 heterocycles. The van der Waals surface area contributed by atoms with Crippen LogP contribution in [0.5, 0.6) is 0 Å². The van der Waals surface area contributed by atoms with Crippen molar-refractivity contribution in [3.8, 4) is 0 Å². The molecule has 5 heteroatoms. The Kier molecular flexibility index (Phi) is 5.25. The average Bonchev–Trinajstić information content (AvgIpc) is 2.63. The maximum absolute atomic E-state index is 11.8. The van der Waals surface area contributed by atoms with E-state index in [0.29, 0.717) is 6.54 Å². The number of amides is 1. The first kappa shape index (κ1) is 13.5. The molecule has 16 heavy (non-hydrogen) atoms. The highest BCUT2D eigenvalue weighted by atomic mass is 35.5. The van der Waals surface area contributed by atoms with E-state index < -0.39 is 0 Å². The zero-order valence-electron chi connectivity index (χ0n) is 9.57. The number of hydrogen-bond acceptors (Lipinski definition) is 3. The Hall–Kier alpha value is -0.580. The van der Waals surface area contributed by atoms with Crippen molar-refractivity contribution in [2.75, 3.05) is 7.05 Å². The summed E-state index contributed by atoms with van der Waals surface area (Å²) < 4.78 is 0.744. The third kappa shape index (κ3) is 3.77. The van der Waals surface area contributed by atoms with Gasteiger partial charge in [-0.05, 0) is 18.6 Å². The summed E-state index contributed by atoms with van der Waals surface area (Å²) in [6.07, 6.45) is 1.65. The fourth-order valence-corrected chi connectivity index (χ4v) is 2.61. The Labute approximate surface area is 105 Å². The molecule has 1 amide bonds. The lowest BCUT2D eigenvalue weighted by molar-refractivity contribution is -0.131. The molecule has 0 unspecified atom stereocenters. The molecule has 0 aliphatic carbocycles. The van der Waals surface area contributed by atoms with Crippen LogP contribution >= 0.6 is 22.9 Å². The maximum atomic E-state index is 11.8. The molecule has 0 saturated carbocycles. The van der Waals surface area contributed by atoms with Crippen LogP contribution in [0.3, 0.4) is 0 Å². The predicted octanol–water partition coefficient (Wildman–Crippen LogP) is 2.49. The van der Waals surface area contributed by atoms with E-state index in [4.69, 9.17) is 17.3 Å². The van der Waals surface area contributed by atoms with Crippen molar-refractivity contribution < 1.29 is 4.79 Å². The number of halogens is 1. The summed E-state index contributed by atoms with van der Waals surface area (Å²) in [7, 11) is 1.77. The van der Waals surface area contributed by atoms with Gasteiger partial charge in [0.2, 0.25) is 5.91 Å². The van der Waals surface area contributed by atoms with Gasteiger partial charge >= 0.3 is 0 Å². The first-order valence-corrected chi connectivity index (χ1v) is 6.48. The monoisotopic (exact) mass is 260 g/mol. The number of nitrogens with zero attached hydrogens (tertiary/aromatic N) is 1. The Morgan fingerprint density at radius 2 is 2.31 bits per heavy atom. The summed E-state index contributed by atoms with van der Waals surface area (Å²) in [5.74, 6) is -0.00799. The topological polar surface area (TPSA) is 46.3 Å². The van der Waals surface area contributed by atoms with Gasteiger partial charge in [0.15, 0.2) is 0 Å². The number of carbonyl (C=O) groups excluding carboxylic acids is 1. The zero-order chi connectivity index (χ0) is 12.1. The van der Waals surface area contributed by atoms with Crippen molar-refractivity contribution >= 4 is 28.8 Å². The van der Waals surface area contributed by atoms with Crippen LogP contribution in [0, 0.1) is 0 Å². The van der Waals surface area contributed by atoms with Crippen LogP contribution in [0.1, 0.15) is 24.6 Å². The Morgan fingerprint density at radius 3 is 2.81 bits per heavy atom. The first-order valence-electron chi connectivity index (χ1n) is 5.29. The fourth-order valence-electron chi connectivity index (χ4n) is 1.47. The number of likely N-dealkylation sites (N-methyl/N-ethyl adjacent to an activating group) is 1. The number of rotatable bonds is 5. The molecule has 90 valence electrons. The molecule has 1 rings (SSSR count). The van der Waals surface area contributed by atoms with Gasteiger partial charge in [0, 0.05) is 11.9 Å². The van der Waals surface area contributed by atoms with E-state index in [2.05, 4.69) is 0 Å². The summed E-state index contributed by atoms with van der Waals surface area (Å²) in [6, 6.07) is 3.39. The van der Waals surface area contributed by atoms with E-state index in [-0.39, 0.29) is 11.9 Å². The molecule has 0 saturated heterocycles. The second-order valence-corrected chi connectivity index (χ2v) is 5.59. The third-order valence-electron chi connectivity index (χ3n) is 2.31. The van der Waals surface area contributed by atoms with Crippen LogP contribution in [-0.2, 0) is 11.3 Å². The molecule has 1 aromatic heterocycles. The summed E-state index contributed by atoms with van der Waals surface area (Å²) in [5, 5.41) is 0. The Balaban J connectivity index is 2.51. The van der Waals surface area contributed by atoms with Gasteiger partial charge in [-0.1, -0.05) is 24.9 Å². The van der Waals surface area contributed by atoms with Crippen molar-refractivity contribution in [1.82, 2.24) is 4.90 Å². The van der Waals surface area contributed by atoms with Gasteiger partial charge in [-0.3, -0.25) is 4.79 Å². The number of nitrogens with two attached hydrogens (primary N) is 1. The summed E-state index contributed by atoms with van der Waals surface area (Å²) >= 11 is 7.32. The molecule has 1 atom stereocenters. The van der Waals surface area contributed by atoms with Crippen LogP contribution in [0.4, 0.5) is 0 Å². The maximum Gasteiger partial charge on any atom is 0.239 e. The standard InChI is InChI=1S/C11H17ClN2OS/c1-3-4-9(13)11(15)14(2)7-8-5-6-10(12)16-8/h5-6,9H,3-4,7,13H2,1-2H3/t9-/m1/s1. The lowest BCUT2D eigenvalue weighted by Crippen LogP contribution is -2.41. The highest BCUT2D eigenvalue weighted by molar-refractivity contribution is 7.16. The van der Waals surface area contributed by atoms with Gasteiger partial charge in [-0.25, -0.2) is 0 Å². The normalized spacial score (nSPS) is 12.5. The van der Waals surface area contributed by atoms with Crippen molar-refractivity contribution in [3.63, 3.8) is 0 Å². The largest absolute Gasteiger partial charge is 0.339 e. The highest BCUT2D eigenvalue weighted by Crippen LogP contribution is 2.22. The van der Waals surface area contributed by atoms with E-state index in [1.165, 1.54) is 11.3 Å².